The number of thioether (sulfide) groups is 2. The molecule has 0 bridgehead atoms. The van der Waals surface area contributed by atoms with Gasteiger partial charge in [0.15, 0.2) is 0 Å². The van der Waals surface area contributed by atoms with Crippen molar-refractivity contribution in [2.24, 2.45) is 0 Å². The zero-order valence-electron chi connectivity index (χ0n) is 11.7. The summed E-state index contributed by atoms with van der Waals surface area (Å²) in [4.78, 5) is 2.65. The van der Waals surface area contributed by atoms with Gasteiger partial charge >= 0.3 is 0 Å². The maximum Gasteiger partial charge on any atom is 0.00691 e. The Balaban J connectivity index is -0.000000236. The minimum atomic E-state index is 0. The molecule has 0 unspecified atom stereocenters. The average molecular weight is 376 g/mol. The third-order valence-corrected chi connectivity index (χ3v) is 3.44. The van der Waals surface area contributed by atoms with Crippen molar-refractivity contribution in [1.29, 1.82) is 0 Å². The van der Waals surface area contributed by atoms with E-state index >= 15 is 0 Å². The first-order valence-corrected chi connectivity index (χ1v) is 8.84. The van der Waals surface area contributed by atoms with Crippen LogP contribution in [0.4, 0.5) is 0 Å². The van der Waals surface area contributed by atoms with Crippen molar-refractivity contribution in [2.45, 2.75) is 9.79 Å². The molecule has 20 heavy (non-hydrogen) atoms. The minimum absolute atomic E-state index is 0. The molecule has 0 fully saturated rings. The molecule has 114 valence electrons. The average Bonchev–Trinajstić information content (AvgIpc) is 2.51. The Morgan fingerprint density at radius 2 is 0.850 bits per heavy atom. The van der Waals surface area contributed by atoms with Crippen LogP contribution < -0.4 is 0 Å². The molecular weight excluding hydrogens is 356 g/mol. The zero-order valence-corrected chi connectivity index (χ0v) is 15.7. The van der Waals surface area contributed by atoms with E-state index in [0.717, 1.165) is 0 Å². The molecule has 0 nitrogen and oxygen atoms in total. The van der Waals surface area contributed by atoms with Crippen LogP contribution in [0.3, 0.4) is 0 Å². The van der Waals surface area contributed by atoms with Crippen molar-refractivity contribution in [2.75, 3.05) is 18.8 Å². The summed E-state index contributed by atoms with van der Waals surface area (Å²) in [5.74, 6) is 0. The largest absolute Gasteiger partial charge is 0.183 e. The molecule has 0 atom stereocenters. The van der Waals surface area contributed by atoms with Crippen molar-refractivity contribution < 1.29 is 75.5 Å². The van der Waals surface area contributed by atoms with E-state index in [2.05, 4.69) is 49.4 Å². The van der Waals surface area contributed by atoms with Crippen LogP contribution in [0.2, 0.25) is 0 Å². The summed E-state index contributed by atoms with van der Waals surface area (Å²) in [6, 6.07) is 20.7. The Morgan fingerprint density at radius 1 is 0.600 bits per heavy atom. The van der Waals surface area contributed by atoms with E-state index in [4.69, 9.17) is 0 Å². The van der Waals surface area contributed by atoms with Crippen LogP contribution in [-0.2, 0) is 0 Å². The van der Waals surface area contributed by atoms with Crippen molar-refractivity contribution in [3.8, 4) is 0 Å². The van der Waals surface area contributed by atoms with E-state index in [-0.39, 0.29) is 75.5 Å². The van der Waals surface area contributed by atoms with Gasteiger partial charge in [0.1, 0.15) is 0 Å². The van der Waals surface area contributed by atoms with Gasteiger partial charge < -0.3 is 0 Å². The van der Waals surface area contributed by atoms with E-state index in [1.54, 1.807) is 29.8 Å². The number of hydrogen-bond donors (Lipinski definition) is 1. The molecule has 0 amide bonds. The number of benzene rings is 2. The van der Waals surface area contributed by atoms with Crippen LogP contribution in [0.5, 0.6) is 0 Å². The molecule has 0 aromatic heterocycles. The molecule has 0 aliphatic heterocycles. The van der Waals surface area contributed by atoms with Gasteiger partial charge in [0.25, 0.3) is 0 Å². The van der Waals surface area contributed by atoms with Gasteiger partial charge in [-0.2, -0.15) is 12.6 Å². The van der Waals surface area contributed by atoms with Crippen molar-refractivity contribution in [1.82, 2.24) is 0 Å². The molecule has 0 heterocycles. The van der Waals surface area contributed by atoms with E-state index in [0.29, 0.717) is 0 Å². The fourth-order valence-corrected chi connectivity index (χ4v) is 1.97. The van der Waals surface area contributed by atoms with Crippen LogP contribution in [0.25, 0.3) is 0 Å². The summed E-state index contributed by atoms with van der Waals surface area (Å²) in [7, 11) is 0. The summed E-state index contributed by atoms with van der Waals surface area (Å²) in [5.41, 5.74) is 0. The molecule has 0 aliphatic carbocycles. The predicted octanol–water partition coefficient (Wildman–Crippen LogP) is 5.36. The van der Waals surface area contributed by atoms with Crippen LogP contribution in [0.1, 0.15) is 0 Å². The second-order valence-electron chi connectivity index (χ2n) is 3.03. The summed E-state index contributed by atoms with van der Waals surface area (Å²) in [5, 5.41) is 0. The van der Waals surface area contributed by atoms with Gasteiger partial charge in [0.2, 0.25) is 0 Å². The SMILES string of the molecule is CS.CSc1ccccc1.CSc1ccccc1.[Ar].[Ar]. The third-order valence-electron chi connectivity index (χ3n) is 1.96. The summed E-state index contributed by atoms with van der Waals surface area (Å²) >= 11 is 7.07. The van der Waals surface area contributed by atoms with Gasteiger partial charge in [-0.25, -0.2) is 0 Å². The van der Waals surface area contributed by atoms with Crippen LogP contribution in [0.15, 0.2) is 70.5 Å². The molecule has 2 aromatic carbocycles. The molecule has 0 radical (unpaired) electrons. The van der Waals surface area contributed by atoms with E-state index < -0.39 is 0 Å². The van der Waals surface area contributed by atoms with Crippen LogP contribution in [-0.4, -0.2) is 18.8 Å². The molecule has 0 saturated carbocycles. The molecule has 2 aromatic rings. The molecule has 0 saturated heterocycles. The van der Waals surface area contributed by atoms with Crippen molar-refractivity contribution in [3.63, 3.8) is 0 Å². The first-order chi connectivity index (χ1) is 8.86. The Labute approximate surface area is 197 Å². The number of hydrogen-bond acceptors (Lipinski definition) is 3. The van der Waals surface area contributed by atoms with Gasteiger partial charge in [-0.05, 0) is 43.0 Å². The summed E-state index contributed by atoms with van der Waals surface area (Å²) in [6.45, 7) is 0. The quantitative estimate of drug-likeness (QED) is 0.553. The van der Waals surface area contributed by atoms with E-state index in [1.807, 2.05) is 36.4 Å². The van der Waals surface area contributed by atoms with Crippen LogP contribution >= 0.6 is 36.2 Å². The first kappa shape index (κ1) is 26.9. The van der Waals surface area contributed by atoms with Gasteiger partial charge in [0.05, 0.1) is 0 Å². The van der Waals surface area contributed by atoms with E-state index in [1.165, 1.54) is 9.79 Å². The Hall–Kier alpha value is 2.01. The molecule has 0 N–H and O–H groups in total. The Bertz CT molecular complexity index is 343. The van der Waals surface area contributed by atoms with Crippen molar-refractivity contribution >= 4 is 36.2 Å². The fourth-order valence-electron chi connectivity index (χ4n) is 1.11. The summed E-state index contributed by atoms with van der Waals surface area (Å²) < 4.78 is 0. The fraction of sp³-hybridized carbons (Fsp3) is 0.200. The molecule has 0 aliphatic rings. The van der Waals surface area contributed by atoms with Gasteiger partial charge in [-0.15, -0.1) is 23.5 Å². The third kappa shape index (κ3) is 14.9. The van der Waals surface area contributed by atoms with Crippen LogP contribution in [0, 0.1) is 75.5 Å². The monoisotopic (exact) mass is 376 g/mol. The minimum Gasteiger partial charge on any atom is -0.183 e. The topological polar surface area (TPSA) is 0 Å². The second kappa shape index (κ2) is 21.0. The number of thiol groups is 1. The molecule has 2 rings (SSSR count). The smallest absolute Gasteiger partial charge is 0.00691 e. The predicted molar refractivity (Wildman–Crippen MR) is 91.4 cm³/mol. The van der Waals surface area contributed by atoms with E-state index in [9.17, 15) is 0 Å². The molecule has 0 spiro atoms. The standard InChI is InChI=1S/2C7H8S.CH4S.2Ar/c2*1-8-7-5-3-2-4-6-7;1-2;;/h2*2-6H,1H3;2H,1H3;;. The van der Waals surface area contributed by atoms with Gasteiger partial charge in [-0.3, -0.25) is 0 Å². The maximum atomic E-state index is 3.53. The van der Waals surface area contributed by atoms with Gasteiger partial charge in [-0.1, -0.05) is 36.4 Å². The van der Waals surface area contributed by atoms with Crippen molar-refractivity contribution in [3.05, 3.63) is 60.7 Å². The number of rotatable bonds is 2. The normalized spacial score (nSPS) is 7.60. The Morgan fingerprint density at radius 3 is 1.00 bits per heavy atom. The van der Waals surface area contributed by atoms with Gasteiger partial charge in [0, 0.05) is 85.3 Å². The summed E-state index contributed by atoms with van der Waals surface area (Å²) in [6.07, 6.45) is 5.85. The first-order valence-electron chi connectivity index (χ1n) is 5.49. The molecule has 5 heteroatoms. The zero-order chi connectivity index (χ0) is 13.6. The maximum absolute atomic E-state index is 3.53. The Kier molecular flexibility index (Phi) is 28.2. The molecular formula is C15H20Ar2S3. The second-order valence-corrected chi connectivity index (χ2v) is 4.79.